The summed E-state index contributed by atoms with van der Waals surface area (Å²) in [7, 11) is 1.89. The molecule has 0 unspecified atom stereocenters. The Bertz CT molecular complexity index is 659. The Labute approximate surface area is 101 Å². The van der Waals surface area contributed by atoms with Crippen LogP contribution in [0.5, 0.6) is 0 Å². The van der Waals surface area contributed by atoms with Crippen LogP contribution in [-0.2, 0) is 7.05 Å². The van der Waals surface area contributed by atoms with Gasteiger partial charge in [-0.1, -0.05) is 0 Å². The molecule has 84 valence electrons. The molecule has 0 atom stereocenters. The van der Waals surface area contributed by atoms with Crippen molar-refractivity contribution in [1.82, 2.24) is 29.7 Å². The van der Waals surface area contributed by atoms with Crippen LogP contribution in [-0.4, -0.2) is 29.7 Å². The molecule has 6 nitrogen and oxygen atoms in total. The SMILES string of the molecule is Cn1cnnc1Sc1ncnc2ccncc12. The van der Waals surface area contributed by atoms with Crippen molar-refractivity contribution < 1.29 is 0 Å². The van der Waals surface area contributed by atoms with Crippen LogP contribution in [0.15, 0.2) is 41.3 Å². The number of aryl methyl sites for hydroxylation is 1. The van der Waals surface area contributed by atoms with E-state index in [9.17, 15) is 0 Å². The monoisotopic (exact) mass is 244 g/mol. The number of aromatic nitrogens is 6. The second-order valence-electron chi connectivity index (χ2n) is 3.40. The summed E-state index contributed by atoms with van der Waals surface area (Å²) >= 11 is 1.45. The molecule has 0 aliphatic rings. The molecule has 17 heavy (non-hydrogen) atoms. The minimum absolute atomic E-state index is 0.786. The maximum atomic E-state index is 4.25. The highest BCUT2D eigenvalue weighted by Crippen LogP contribution is 2.28. The van der Waals surface area contributed by atoms with Gasteiger partial charge in [0.1, 0.15) is 17.7 Å². The Hall–Kier alpha value is -2.02. The van der Waals surface area contributed by atoms with E-state index in [1.165, 1.54) is 11.8 Å². The molecule has 0 radical (unpaired) electrons. The number of hydrogen-bond acceptors (Lipinski definition) is 6. The van der Waals surface area contributed by atoms with E-state index >= 15 is 0 Å². The smallest absolute Gasteiger partial charge is 0.197 e. The van der Waals surface area contributed by atoms with Gasteiger partial charge in [-0.25, -0.2) is 9.97 Å². The maximum Gasteiger partial charge on any atom is 0.197 e. The van der Waals surface area contributed by atoms with Crippen molar-refractivity contribution >= 4 is 22.7 Å². The Morgan fingerprint density at radius 3 is 3.06 bits per heavy atom. The van der Waals surface area contributed by atoms with Gasteiger partial charge in [-0.15, -0.1) is 10.2 Å². The van der Waals surface area contributed by atoms with E-state index < -0.39 is 0 Å². The second kappa shape index (κ2) is 4.10. The molecule has 7 heteroatoms. The van der Waals surface area contributed by atoms with Crippen molar-refractivity contribution in [3.8, 4) is 0 Å². The number of nitrogens with zero attached hydrogens (tertiary/aromatic N) is 6. The highest BCUT2D eigenvalue weighted by molar-refractivity contribution is 7.99. The highest BCUT2D eigenvalue weighted by atomic mass is 32.2. The molecular weight excluding hydrogens is 236 g/mol. The predicted octanol–water partition coefficient (Wildman–Crippen LogP) is 1.30. The van der Waals surface area contributed by atoms with Gasteiger partial charge < -0.3 is 4.57 Å². The summed E-state index contributed by atoms with van der Waals surface area (Å²) in [6, 6.07) is 1.86. The molecule has 0 N–H and O–H groups in total. The van der Waals surface area contributed by atoms with Crippen molar-refractivity contribution in [2.45, 2.75) is 10.2 Å². The lowest BCUT2D eigenvalue weighted by Crippen LogP contribution is -1.92. The lowest BCUT2D eigenvalue weighted by molar-refractivity contribution is 0.787. The lowest BCUT2D eigenvalue weighted by Gasteiger charge is -2.02. The normalized spacial score (nSPS) is 10.9. The third-order valence-corrected chi connectivity index (χ3v) is 3.33. The van der Waals surface area contributed by atoms with E-state index in [1.807, 2.05) is 17.7 Å². The highest BCUT2D eigenvalue weighted by Gasteiger charge is 2.09. The van der Waals surface area contributed by atoms with Gasteiger partial charge in [0.2, 0.25) is 0 Å². The van der Waals surface area contributed by atoms with Gasteiger partial charge in [0.25, 0.3) is 0 Å². The molecule has 0 saturated carbocycles. The van der Waals surface area contributed by atoms with Gasteiger partial charge in [0.05, 0.1) is 10.9 Å². The van der Waals surface area contributed by atoms with Crippen molar-refractivity contribution in [3.05, 3.63) is 31.1 Å². The van der Waals surface area contributed by atoms with E-state index in [1.54, 1.807) is 25.0 Å². The average molecular weight is 244 g/mol. The number of fused-ring (bicyclic) bond motifs is 1. The topological polar surface area (TPSA) is 69.4 Å². The van der Waals surface area contributed by atoms with Crippen LogP contribution in [0.1, 0.15) is 0 Å². The summed E-state index contributed by atoms with van der Waals surface area (Å²) in [5.74, 6) is 0. The van der Waals surface area contributed by atoms with Gasteiger partial charge >= 0.3 is 0 Å². The first kappa shape index (κ1) is 10.2. The third kappa shape index (κ3) is 1.84. The van der Waals surface area contributed by atoms with Crippen LogP contribution < -0.4 is 0 Å². The summed E-state index contributed by atoms with van der Waals surface area (Å²) in [6.07, 6.45) is 6.67. The molecule has 0 spiro atoms. The molecule has 0 aromatic carbocycles. The summed E-state index contributed by atoms with van der Waals surface area (Å²) < 4.78 is 1.84. The molecule has 0 aliphatic carbocycles. The summed E-state index contributed by atoms with van der Waals surface area (Å²) in [5.41, 5.74) is 0.875. The molecule has 3 rings (SSSR count). The molecule has 0 aliphatic heterocycles. The molecule has 3 aromatic heterocycles. The van der Waals surface area contributed by atoms with Gasteiger partial charge in [0, 0.05) is 19.4 Å². The van der Waals surface area contributed by atoms with Crippen molar-refractivity contribution in [1.29, 1.82) is 0 Å². The fraction of sp³-hybridized carbons (Fsp3) is 0.100. The van der Waals surface area contributed by atoms with Gasteiger partial charge in [0.15, 0.2) is 5.16 Å². The zero-order valence-corrected chi connectivity index (χ0v) is 9.79. The first-order valence-corrected chi connectivity index (χ1v) is 5.73. The first-order valence-electron chi connectivity index (χ1n) is 4.91. The molecule has 0 bridgehead atoms. The van der Waals surface area contributed by atoms with Crippen LogP contribution in [0.25, 0.3) is 10.9 Å². The predicted molar refractivity (Wildman–Crippen MR) is 62.5 cm³/mol. The Kier molecular flexibility index (Phi) is 2.45. The zero-order chi connectivity index (χ0) is 11.7. The van der Waals surface area contributed by atoms with E-state index in [4.69, 9.17) is 0 Å². The average Bonchev–Trinajstić information content (AvgIpc) is 2.76. The van der Waals surface area contributed by atoms with Crippen LogP contribution in [0, 0.1) is 0 Å². The second-order valence-corrected chi connectivity index (χ2v) is 4.35. The van der Waals surface area contributed by atoms with Crippen LogP contribution in [0.4, 0.5) is 0 Å². The van der Waals surface area contributed by atoms with E-state index in [0.29, 0.717) is 0 Å². The van der Waals surface area contributed by atoms with Gasteiger partial charge in [-0.2, -0.15) is 0 Å². The standard InChI is InChI=1S/C10H8N6S/c1-16-6-14-15-10(16)17-9-7-4-11-3-2-8(7)12-5-13-9/h2-6H,1H3. The fourth-order valence-electron chi connectivity index (χ4n) is 1.41. The Balaban J connectivity index is 2.09. The molecule has 3 aromatic rings. The van der Waals surface area contributed by atoms with Crippen molar-refractivity contribution in [3.63, 3.8) is 0 Å². The van der Waals surface area contributed by atoms with Gasteiger partial charge in [-0.05, 0) is 17.8 Å². The molecule has 0 saturated heterocycles. The summed E-state index contributed by atoms with van der Waals surface area (Å²) in [5, 5.41) is 10.4. The number of rotatable bonds is 2. The first-order chi connectivity index (χ1) is 8.34. The fourth-order valence-corrected chi connectivity index (χ4v) is 2.23. The molecule has 0 amide bonds. The minimum Gasteiger partial charge on any atom is -0.311 e. The minimum atomic E-state index is 0.786. The Morgan fingerprint density at radius 2 is 2.24 bits per heavy atom. The van der Waals surface area contributed by atoms with E-state index in [0.717, 1.165) is 21.1 Å². The summed E-state index contributed by atoms with van der Waals surface area (Å²) in [6.45, 7) is 0. The van der Waals surface area contributed by atoms with Crippen molar-refractivity contribution in [2.24, 2.45) is 7.05 Å². The lowest BCUT2D eigenvalue weighted by atomic mass is 10.3. The van der Waals surface area contributed by atoms with Crippen LogP contribution in [0.3, 0.4) is 0 Å². The molecule has 3 heterocycles. The number of pyridine rings is 1. The number of hydrogen-bond donors (Lipinski definition) is 0. The van der Waals surface area contributed by atoms with Gasteiger partial charge in [-0.3, -0.25) is 4.98 Å². The molecule has 0 fully saturated rings. The maximum absolute atomic E-state index is 4.25. The van der Waals surface area contributed by atoms with Crippen molar-refractivity contribution in [2.75, 3.05) is 0 Å². The Morgan fingerprint density at radius 1 is 1.29 bits per heavy atom. The van der Waals surface area contributed by atoms with E-state index in [-0.39, 0.29) is 0 Å². The summed E-state index contributed by atoms with van der Waals surface area (Å²) in [4.78, 5) is 12.5. The molecular formula is C10H8N6S. The third-order valence-electron chi connectivity index (χ3n) is 2.26. The van der Waals surface area contributed by atoms with E-state index in [2.05, 4.69) is 25.1 Å². The zero-order valence-electron chi connectivity index (χ0n) is 8.98. The van der Waals surface area contributed by atoms with Crippen LogP contribution in [0.2, 0.25) is 0 Å². The largest absolute Gasteiger partial charge is 0.311 e. The van der Waals surface area contributed by atoms with Crippen LogP contribution >= 0.6 is 11.8 Å². The quantitative estimate of drug-likeness (QED) is 0.633.